The van der Waals surface area contributed by atoms with Gasteiger partial charge in [-0.2, -0.15) is 5.10 Å². The molecule has 0 aliphatic carbocycles. The number of benzene rings is 3. The van der Waals surface area contributed by atoms with Crippen molar-refractivity contribution in [3.63, 3.8) is 0 Å². The monoisotopic (exact) mass is 390 g/mol. The van der Waals surface area contributed by atoms with Gasteiger partial charge in [0.25, 0.3) is 0 Å². The smallest absolute Gasteiger partial charge is 0.320 e. The van der Waals surface area contributed by atoms with Gasteiger partial charge in [0.15, 0.2) is 5.82 Å². The number of fused-ring (bicyclic) bond motifs is 1. The fraction of sp³-hybridized carbons (Fsp3) is 0.0909. The summed E-state index contributed by atoms with van der Waals surface area (Å²) in [6.07, 6.45) is 0. The molecule has 4 aromatic rings. The number of rotatable bonds is 6. The average Bonchev–Trinajstić information content (AvgIpc) is 3.14. The Bertz CT molecular complexity index is 1110. The van der Waals surface area contributed by atoms with Crippen LogP contribution in [0.3, 0.4) is 0 Å². The lowest BCUT2D eigenvalue weighted by Crippen LogP contribution is -2.28. The van der Waals surface area contributed by atoms with E-state index in [9.17, 15) is 9.18 Å². The number of carbonyl (C=O) groups excluding carboxylic acids is 1. The van der Waals surface area contributed by atoms with Gasteiger partial charge in [-0.1, -0.05) is 42.5 Å². The van der Waals surface area contributed by atoms with Crippen molar-refractivity contribution in [1.29, 1.82) is 0 Å². The summed E-state index contributed by atoms with van der Waals surface area (Å²) in [4.78, 5) is 12.1. The van der Waals surface area contributed by atoms with E-state index >= 15 is 0 Å². The van der Waals surface area contributed by atoms with Crippen molar-refractivity contribution in [2.45, 2.75) is 13.2 Å². The highest BCUT2D eigenvalue weighted by Gasteiger charge is 2.10. The molecule has 2 amide bonds. The summed E-state index contributed by atoms with van der Waals surface area (Å²) in [5, 5.41) is 13.3. The van der Waals surface area contributed by atoms with Gasteiger partial charge in [-0.05, 0) is 35.4 Å². The Hall–Kier alpha value is -3.87. The lowest BCUT2D eigenvalue weighted by molar-refractivity contribution is 0.251. The molecule has 0 spiro atoms. The van der Waals surface area contributed by atoms with Crippen molar-refractivity contribution in [1.82, 2.24) is 15.5 Å². The highest BCUT2D eigenvalue weighted by Crippen LogP contribution is 2.25. The molecule has 3 aromatic carbocycles. The van der Waals surface area contributed by atoms with Gasteiger partial charge in [0, 0.05) is 18.0 Å². The van der Waals surface area contributed by atoms with Crippen LogP contribution < -0.4 is 15.4 Å². The van der Waals surface area contributed by atoms with Gasteiger partial charge in [0.1, 0.15) is 18.2 Å². The molecule has 7 heteroatoms. The molecule has 0 saturated heterocycles. The van der Waals surface area contributed by atoms with Gasteiger partial charge in [0.2, 0.25) is 0 Å². The van der Waals surface area contributed by atoms with Crippen LogP contribution in [-0.2, 0) is 13.2 Å². The zero-order valence-electron chi connectivity index (χ0n) is 15.5. The number of hydrogen-bond donors (Lipinski definition) is 3. The summed E-state index contributed by atoms with van der Waals surface area (Å²) in [7, 11) is 0. The summed E-state index contributed by atoms with van der Waals surface area (Å²) in [6, 6.07) is 21.0. The summed E-state index contributed by atoms with van der Waals surface area (Å²) in [5.74, 6) is 0.817. The van der Waals surface area contributed by atoms with Gasteiger partial charge in [-0.25, -0.2) is 9.18 Å². The maximum atomic E-state index is 12.9. The summed E-state index contributed by atoms with van der Waals surface area (Å²) < 4.78 is 18.7. The molecule has 0 aliphatic rings. The highest BCUT2D eigenvalue weighted by molar-refractivity contribution is 5.99. The Kier molecular flexibility index (Phi) is 5.38. The first kappa shape index (κ1) is 18.5. The second-order valence-corrected chi connectivity index (χ2v) is 6.49. The first-order chi connectivity index (χ1) is 14.2. The second kappa shape index (κ2) is 8.43. The molecule has 29 heavy (non-hydrogen) atoms. The van der Waals surface area contributed by atoms with Crippen molar-refractivity contribution in [2.75, 3.05) is 5.32 Å². The van der Waals surface area contributed by atoms with Gasteiger partial charge < -0.3 is 10.1 Å². The molecule has 3 N–H and O–H groups in total. The molecule has 1 aromatic heterocycles. The van der Waals surface area contributed by atoms with Crippen LogP contribution in [0.15, 0.2) is 72.8 Å². The number of hydrogen-bond acceptors (Lipinski definition) is 3. The Morgan fingerprint density at radius 1 is 1.00 bits per heavy atom. The van der Waals surface area contributed by atoms with E-state index in [1.54, 1.807) is 12.1 Å². The molecule has 1 heterocycles. The minimum Gasteiger partial charge on any atom is -0.489 e. The molecule has 0 bridgehead atoms. The molecule has 4 rings (SSSR count). The second-order valence-electron chi connectivity index (χ2n) is 6.49. The summed E-state index contributed by atoms with van der Waals surface area (Å²) in [6.45, 7) is 0.753. The van der Waals surface area contributed by atoms with Crippen LogP contribution in [-0.4, -0.2) is 16.2 Å². The van der Waals surface area contributed by atoms with Crippen molar-refractivity contribution in [3.05, 3.63) is 89.7 Å². The predicted octanol–water partition coefficient (Wildman–Crippen LogP) is 4.60. The maximum Gasteiger partial charge on any atom is 0.320 e. The third-order valence-electron chi connectivity index (χ3n) is 4.38. The quantitative estimate of drug-likeness (QED) is 0.450. The van der Waals surface area contributed by atoms with E-state index in [0.717, 1.165) is 22.0 Å². The molecule has 0 atom stereocenters. The number of nitrogens with one attached hydrogen (secondary N) is 3. The van der Waals surface area contributed by atoms with Gasteiger partial charge in [-0.15, -0.1) is 0 Å². The normalized spacial score (nSPS) is 10.7. The molecule has 6 nitrogen and oxygen atoms in total. The fourth-order valence-corrected chi connectivity index (χ4v) is 2.86. The van der Waals surface area contributed by atoms with Crippen LogP contribution in [0, 0.1) is 5.82 Å². The molecule has 146 valence electrons. The van der Waals surface area contributed by atoms with E-state index in [0.29, 0.717) is 18.2 Å². The van der Waals surface area contributed by atoms with Crippen molar-refractivity contribution in [3.8, 4) is 5.75 Å². The number of urea groups is 1. The predicted molar refractivity (Wildman–Crippen MR) is 109 cm³/mol. The third-order valence-corrected chi connectivity index (χ3v) is 4.38. The third kappa shape index (κ3) is 4.70. The van der Waals surface area contributed by atoms with Crippen LogP contribution in [0.25, 0.3) is 10.9 Å². The van der Waals surface area contributed by atoms with E-state index in [4.69, 9.17) is 4.74 Å². The number of aromatic nitrogens is 2. The number of carbonyl (C=O) groups is 1. The van der Waals surface area contributed by atoms with E-state index in [-0.39, 0.29) is 12.4 Å². The Labute approximate surface area is 166 Å². The molecular weight excluding hydrogens is 371 g/mol. The Morgan fingerprint density at radius 3 is 2.59 bits per heavy atom. The van der Waals surface area contributed by atoms with Crippen LogP contribution in [0.2, 0.25) is 0 Å². The number of anilines is 1. The molecular formula is C22H19FN4O2. The standard InChI is InChI=1S/C22H19FN4O2/c23-17-8-6-15(7-9-17)13-24-22(28)25-21-19-11-10-18(12-20(19)26-27-21)29-14-16-4-2-1-3-5-16/h1-12H,13-14H2,(H3,24,25,26,27,28). The Balaban J connectivity index is 1.36. The largest absolute Gasteiger partial charge is 0.489 e. The molecule has 0 aliphatic heterocycles. The van der Waals surface area contributed by atoms with E-state index in [1.165, 1.54) is 12.1 Å². The molecule has 0 unspecified atom stereocenters. The average molecular weight is 390 g/mol. The zero-order valence-corrected chi connectivity index (χ0v) is 15.5. The van der Waals surface area contributed by atoms with E-state index in [2.05, 4.69) is 20.8 Å². The highest BCUT2D eigenvalue weighted by atomic mass is 19.1. The van der Waals surface area contributed by atoms with Gasteiger partial charge in [-0.3, -0.25) is 10.4 Å². The van der Waals surface area contributed by atoms with E-state index < -0.39 is 6.03 Å². The minimum absolute atomic E-state index is 0.284. The van der Waals surface area contributed by atoms with Gasteiger partial charge in [0.05, 0.1) is 5.52 Å². The van der Waals surface area contributed by atoms with Crippen molar-refractivity contribution < 1.29 is 13.9 Å². The van der Waals surface area contributed by atoms with Crippen LogP contribution in [0.4, 0.5) is 15.0 Å². The minimum atomic E-state index is -0.396. The number of H-pyrrole nitrogens is 1. The summed E-state index contributed by atoms with van der Waals surface area (Å²) in [5.41, 5.74) is 2.63. The van der Waals surface area contributed by atoms with E-state index in [1.807, 2.05) is 48.5 Å². The fourth-order valence-electron chi connectivity index (χ4n) is 2.86. The lowest BCUT2D eigenvalue weighted by atomic mass is 10.2. The van der Waals surface area contributed by atoms with Gasteiger partial charge >= 0.3 is 6.03 Å². The van der Waals surface area contributed by atoms with Crippen molar-refractivity contribution in [2.24, 2.45) is 0 Å². The molecule has 0 fully saturated rings. The van der Waals surface area contributed by atoms with Crippen LogP contribution >= 0.6 is 0 Å². The van der Waals surface area contributed by atoms with Crippen LogP contribution in [0.1, 0.15) is 11.1 Å². The number of halogens is 1. The SMILES string of the molecule is O=C(NCc1ccc(F)cc1)Nc1n[nH]c2cc(OCc3ccccc3)ccc12. The zero-order chi connectivity index (χ0) is 20.1. The lowest BCUT2D eigenvalue weighted by Gasteiger charge is -2.07. The van der Waals surface area contributed by atoms with Crippen LogP contribution in [0.5, 0.6) is 5.75 Å². The number of aromatic amines is 1. The summed E-state index contributed by atoms with van der Waals surface area (Å²) >= 11 is 0. The first-order valence-electron chi connectivity index (χ1n) is 9.11. The van der Waals surface area contributed by atoms with Crippen molar-refractivity contribution >= 4 is 22.8 Å². The molecule has 0 radical (unpaired) electrons. The number of nitrogens with zero attached hydrogens (tertiary/aromatic N) is 1. The maximum absolute atomic E-state index is 12.9. The number of ether oxygens (including phenoxy) is 1. The topological polar surface area (TPSA) is 79.0 Å². The first-order valence-corrected chi connectivity index (χ1v) is 9.11. The number of amides is 2. The Morgan fingerprint density at radius 2 is 1.79 bits per heavy atom. The molecule has 0 saturated carbocycles.